The molecule has 0 aliphatic heterocycles. The molecule has 4 aromatic carbocycles. The molecular formula is C26H20N2O5. The number of phenols is 2. The van der Waals surface area contributed by atoms with E-state index in [1.165, 1.54) is 24.3 Å². The minimum atomic E-state index is -0.311. The number of benzene rings is 4. The number of anilines is 2. The zero-order valence-corrected chi connectivity index (χ0v) is 17.4. The molecule has 0 saturated carbocycles. The Morgan fingerprint density at radius 1 is 0.576 bits per heavy atom. The van der Waals surface area contributed by atoms with Crippen molar-refractivity contribution in [3.05, 3.63) is 108 Å². The highest BCUT2D eigenvalue weighted by molar-refractivity contribution is 6.05. The Bertz CT molecular complexity index is 1180. The summed E-state index contributed by atoms with van der Waals surface area (Å²) in [6.45, 7) is 0. The number of amides is 2. The van der Waals surface area contributed by atoms with Crippen molar-refractivity contribution in [3.63, 3.8) is 0 Å². The van der Waals surface area contributed by atoms with Crippen molar-refractivity contribution in [2.24, 2.45) is 0 Å². The van der Waals surface area contributed by atoms with Gasteiger partial charge in [0.25, 0.3) is 11.8 Å². The Labute approximate surface area is 189 Å². The quantitative estimate of drug-likeness (QED) is 0.321. The third kappa shape index (κ3) is 5.68. The highest BCUT2D eigenvalue weighted by Gasteiger charge is 2.09. The molecule has 0 aliphatic rings. The molecule has 4 rings (SSSR count). The molecule has 0 bridgehead atoms. The van der Waals surface area contributed by atoms with Crippen LogP contribution in [0.5, 0.6) is 23.0 Å². The van der Waals surface area contributed by atoms with Crippen LogP contribution in [0.25, 0.3) is 0 Å². The Hall–Kier alpha value is -4.78. The van der Waals surface area contributed by atoms with Crippen molar-refractivity contribution in [2.75, 3.05) is 10.6 Å². The molecule has 4 aromatic rings. The van der Waals surface area contributed by atoms with Crippen LogP contribution < -0.4 is 15.4 Å². The fraction of sp³-hybridized carbons (Fsp3) is 0. The molecule has 33 heavy (non-hydrogen) atoms. The SMILES string of the molecule is O=C(Nc1cccc(O)c1)c1ccc(Oc2ccc(C(=O)Nc3cccc(O)c3)cc2)cc1. The lowest BCUT2D eigenvalue weighted by Gasteiger charge is -2.09. The minimum absolute atomic E-state index is 0.0689. The first-order valence-corrected chi connectivity index (χ1v) is 10.0. The number of carbonyl (C=O) groups is 2. The first-order chi connectivity index (χ1) is 16.0. The van der Waals surface area contributed by atoms with E-state index in [2.05, 4.69) is 10.6 Å². The van der Waals surface area contributed by atoms with Crippen LogP contribution in [0.2, 0.25) is 0 Å². The summed E-state index contributed by atoms with van der Waals surface area (Å²) in [4.78, 5) is 24.7. The number of ether oxygens (including phenoxy) is 1. The number of phenolic OH excluding ortho intramolecular Hbond substituents is 2. The van der Waals surface area contributed by atoms with E-state index in [-0.39, 0.29) is 23.3 Å². The van der Waals surface area contributed by atoms with E-state index in [4.69, 9.17) is 4.74 Å². The summed E-state index contributed by atoms with van der Waals surface area (Å²) in [5.74, 6) is 0.573. The second-order valence-electron chi connectivity index (χ2n) is 7.16. The second-order valence-corrected chi connectivity index (χ2v) is 7.16. The van der Waals surface area contributed by atoms with Crippen LogP contribution in [0.1, 0.15) is 20.7 Å². The summed E-state index contributed by atoms with van der Waals surface area (Å²) in [5, 5.41) is 24.4. The lowest BCUT2D eigenvalue weighted by atomic mass is 10.2. The van der Waals surface area contributed by atoms with Crippen molar-refractivity contribution in [1.82, 2.24) is 0 Å². The second kappa shape index (κ2) is 9.57. The number of nitrogens with one attached hydrogen (secondary N) is 2. The van der Waals surface area contributed by atoms with Crippen LogP contribution in [0.4, 0.5) is 11.4 Å². The highest BCUT2D eigenvalue weighted by Crippen LogP contribution is 2.24. The molecule has 164 valence electrons. The molecule has 7 nitrogen and oxygen atoms in total. The maximum atomic E-state index is 12.4. The van der Waals surface area contributed by atoms with Crippen LogP contribution in [0.3, 0.4) is 0 Å². The van der Waals surface area contributed by atoms with Gasteiger partial charge in [0.05, 0.1) is 0 Å². The molecule has 4 N–H and O–H groups in total. The molecule has 0 aromatic heterocycles. The number of hydrogen-bond donors (Lipinski definition) is 4. The first-order valence-electron chi connectivity index (χ1n) is 10.0. The van der Waals surface area contributed by atoms with Gasteiger partial charge < -0.3 is 25.6 Å². The van der Waals surface area contributed by atoms with Crippen molar-refractivity contribution in [1.29, 1.82) is 0 Å². The Morgan fingerprint density at radius 2 is 0.970 bits per heavy atom. The summed E-state index contributed by atoms with van der Waals surface area (Å²) in [7, 11) is 0. The van der Waals surface area contributed by atoms with E-state index in [0.717, 1.165) is 0 Å². The predicted molar refractivity (Wildman–Crippen MR) is 125 cm³/mol. The highest BCUT2D eigenvalue weighted by atomic mass is 16.5. The fourth-order valence-electron chi connectivity index (χ4n) is 3.06. The smallest absolute Gasteiger partial charge is 0.255 e. The van der Waals surface area contributed by atoms with Crippen LogP contribution in [-0.4, -0.2) is 22.0 Å². The number of hydrogen-bond acceptors (Lipinski definition) is 5. The monoisotopic (exact) mass is 440 g/mol. The lowest BCUT2D eigenvalue weighted by Crippen LogP contribution is -2.11. The topological polar surface area (TPSA) is 108 Å². The van der Waals surface area contributed by atoms with Gasteiger partial charge in [-0.05, 0) is 72.8 Å². The van der Waals surface area contributed by atoms with Crippen molar-refractivity contribution in [3.8, 4) is 23.0 Å². The van der Waals surface area contributed by atoms with Gasteiger partial charge in [0, 0.05) is 34.6 Å². The molecule has 0 atom stereocenters. The normalized spacial score (nSPS) is 10.3. The van der Waals surface area contributed by atoms with Gasteiger partial charge in [-0.1, -0.05) is 12.1 Å². The average Bonchev–Trinajstić information content (AvgIpc) is 2.80. The van der Waals surface area contributed by atoms with E-state index in [0.29, 0.717) is 34.0 Å². The number of aromatic hydroxyl groups is 2. The van der Waals surface area contributed by atoms with Gasteiger partial charge in [-0.3, -0.25) is 9.59 Å². The van der Waals surface area contributed by atoms with E-state index in [1.54, 1.807) is 72.8 Å². The van der Waals surface area contributed by atoms with Crippen LogP contribution >= 0.6 is 0 Å². The molecule has 7 heteroatoms. The zero-order valence-electron chi connectivity index (χ0n) is 17.4. The van der Waals surface area contributed by atoms with Gasteiger partial charge >= 0.3 is 0 Å². The van der Waals surface area contributed by atoms with Gasteiger partial charge in [-0.25, -0.2) is 0 Å². The van der Waals surface area contributed by atoms with Gasteiger partial charge in [0.1, 0.15) is 23.0 Å². The molecule has 0 radical (unpaired) electrons. The molecule has 2 amide bonds. The van der Waals surface area contributed by atoms with Crippen LogP contribution in [-0.2, 0) is 0 Å². The molecule has 0 fully saturated rings. The summed E-state index contributed by atoms with van der Waals surface area (Å²) in [6.07, 6.45) is 0. The third-order valence-corrected chi connectivity index (χ3v) is 4.68. The fourth-order valence-corrected chi connectivity index (χ4v) is 3.06. The van der Waals surface area contributed by atoms with E-state index >= 15 is 0 Å². The van der Waals surface area contributed by atoms with Crippen molar-refractivity contribution in [2.45, 2.75) is 0 Å². The number of rotatable bonds is 6. The number of carbonyl (C=O) groups excluding carboxylic acids is 2. The molecular weight excluding hydrogens is 420 g/mol. The average molecular weight is 440 g/mol. The van der Waals surface area contributed by atoms with E-state index < -0.39 is 0 Å². The summed E-state index contributed by atoms with van der Waals surface area (Å²) in [5.41, 5.74) is 1.86. The summed E-state index contributed by atoms with van der Waals surface area (Å²) < 4.78 is 5.79. The van der Waals surface area contributed by atoms with Gasteiger partial charge in [-0.2, -0.15) is 0 Å². The largest absolute Gasteiger partial charge is 0.508 e. The van der Waals surface area contributed by atoms with Crippen LogP contribution in [0.15, 0.2) is 97.1 Å². The van der Waals surface area contributed by atoms with Gasteiger partial charge in [0.15, 0.2) is 0 Å². The Balaban J connectivity index is 1.36. The first kappa shape index (κ1) is 21.5. The van der Waals surface area contributed by atoms with Crippen molar-refractivity contribution >= 4 is 23.2 Å². The zero-order chi connectivity index (χ0) is 23.2. The molecule has 0 aliphatic carbocycles. The lowest BCUT2D eigenvalue weighted by molar-refractivity contribution is 0.101. The maximum absolute atomic E-state index is 12.4. The van der Waals surface area contributed by atoms with E-state index in [9.17, 15) is 19.8 Å². The van der Waals surface area contributed by atoms with Gasteiger partial charge in [-0.15, -0.1) is 0 Å². The van der Waals surface area contributed by atoms with E-state index in [1.807, 2.05) is 0 Å². The molecule has 0 heterocycles. The Morgan fingerprint density at radius 3 is 1.33 bits per heavy atom. The third-order valence-electron chi connectivity index (χ3n) is 4.68. The molecule has 0 spiro atoms. The minimum Gasteiger partial charge on any atom is -0.508 e. The predicted octanol–water partition coefficient (Wildman–Crippen LogP) is 5.39. The van der Waals surface area contributed by atoms with Gasteiger partial charge in [0.2, 0.25) is 0 Å². The Kier molecular flexibility index (Phi) is 6.22. The maximum Gasteiger partial charge on any atom is 0.255 e. The van der Waals surface area contributed by atoms with Crippen molar-refractivity contribution < 1.29 is 24.5 Å². The summed E-state index contributed by atoms with van der Waals surface area (Å²) >= 11 is 0. The molecule has 0 saturated heterocycles. The molecule has 0 unspecified atom stereocenters. The van der Waals surface area contributed by atoms with Crippen LogP contribution in [0, 0.1) is 0 Å². The standard InChI is InChI=1S/C26H20N2O5/c29-21-5-1-3-19(15-21)27-25(31)17-7-11-23(12-8-17)33-24-13-9-18(10-14-24)26(32)28-20-4-2-6-22(30)16-20/h1-16,29-30H,(H,27,31)(H,28,32). The summed E-state index contributed by atoms with van der Waals surface area (Å²) in [6, 6.07) is 25.8.